The highest BCUT2D eigenvalue weighted by atomic mass is 35.5. The van der Waals surface area contributed by atoms with Gasteiger partial charge in [0, 0.05) is 24.2 Å². The Kier molecular flexibility index (Phi) is 4.58. The molecule has 0 N–H and O–H groups in total. The number of hydrogen-bond acceptors (Lipinski definition) is 3. The number of benzene rings is 1. The summed E-state index contributed by atoms with van der Waals surface area (Å²) in [6.07, 6.45) is 1.96. The van der Waals surface area contributed by atoms with Gasteiger partial charge in [0.1, 0.15) is 16.5 Å². The van der Waals surface area contributed by atoms with E-state index in [1.807, 2.05) is 4.90 Å². The van der Waals surface area contributed by atoms with E-state index in [1.54, 1.807) is 41.3 Å². The second-order valence-corrected chi connectivity index (χ2v) is 9.23. The maximum absolute atomic E-state index is 14.0. The zero-order valence-electron chi connectivity index (χ0n) is 18.3. The fraction of sp³-hybridized carbons (Fsp3) is 0.292. The van der Waals surface area contributed by atoms with E-state index in [0.717, 1.165) is 30.5 Å². The highest BCUT2D eigenvalue weighted by Gasteiger charge is 2.46. The van der Waals surface area contributed by atoms with E-state index < -0.39 is 17.5 Å². The number of pyridine rings is 1. The second-order valence-electron chi connectivity index (χ2n) is 8.84. The Balaban J connectivity index is 1.45. The normalized spacial score (nSPS) is 19.2. The maximum atomic E-state index is 14.0. The minimum Gasteiger partial charge on any atom is -0.325 e. The van der Waals surface area contributed by atoms with Crippen molar-refractivity contribution >= 4 is 23.2 Å². The molecule has 1 aromatic carbocycles. The number of fused-ring (bicyclic) bond motifs is 5. The summed E-state index contributed by atoms with van der Waals surface area (Å²) in [6.45, 7) is 1.78. The molecule has 6 nitrogen and oxygen atoms in total. The highest BCUT2D eigenvalue weighted by Crippen LogP contribution is 2.47. The number of carbonyl (C=O) groups is 1. The lowest BCUT2D eigenvalue weighted by Crippen LogP contribution is -2.42. The molecule has 0 aliphatic carbocycles. The molecule has 1 fully saturated rings. The Morgan fingerprint density at radius 1 is 1.15 bits per heavy atom. The van der Waals surface area contributed by atoms with Crippen LogP contribution in [0.2, 0.25) is 5.15 Å². The van der Waals surface area contributed by atoms with E-state index in [1.165, 1.54) is 0 Å². The van der Waals surface area contributed by atoms with Gasteiger partial charge in [0.15, 0.2) is 17.5 Å². The quantitative estimate of drug-likeness (QED) is 0.296. The summed E-state index contributed by atoms with van der Waals surface area (Å²) < 4.78 is 44.7. The van der Waals surface area contributed by atoms with Crippen LogP contribution in [0.15, 0.2) is 30.3 Å². The topological polar surface area (TPSA) is 55.4 Å². The molecular formula is C24H19ClF3N5O. The number of aromatic nitrogens is 4. The van der Waals surface area contributed by atoms with Crippen LogP contribution in [-0.4, -0.2) is 36.0 Å². The molecule has 34 heavy (non-hydrogen) atoms. The Morgan fingerprint density at radius 2 is 1.88 bits per heavy atom. The third-order valence-electron chi connectivity index (χ3n) is 6.90. The number of nitrogens with zero attached hydrogens (tertiary/aromatic N) is 5. The van der Waals surface area contributed by atoms with Crippen molar-refractivity contribution in [3.05, 3.63) is 75.6 Å². The van der Waals surface area contributed by atoms with Gasteiger partial charge in [-0.2, -0.15) is 5.10 Å². The average Bonchev–Trinajstić information content (AvgIpc) is 3.42. The molecule has 10 heteroatoms. The van der Waals surface area contributed by atoms with Crippen molar-refractivity contribution in [3.63, 3.8) is 0 Å². The molecule has 2 bridgehead atoms. The zero-order chi connectivity index (χ0) is 23.9. The molecule has 2 aliphatic heterocycles. The maximum Gasteiger partial charge on any atom is 0.273 e. The number of hydrogen-bond donors (Lipinski definition) is 0. The number of carbonyl (C=O) groups excluding carboxylic acids is 1. The second kappa shape index (κ2) is 7.33. The Labute approximate surface area is 197 Å². The largest absolute Gasteiger partial charge is 0.325 e. The first kappa shape index (κ1) is 21.2. The minimum absolute atomic E-state index is 0.115. The summed E-state index contributed by atoms with van der Waals surface area (Å²) in [5.74, 6) is -4.18. The van der Waals surface area contributed by atoms with Gasteiger partial charge in [-0.15, -0.1) is 0 Å². The SMILES string of the molecule is Cc1nc2cccc(Cl)n2c1C(=O)N1[C@H]2CC[C@@H]1c1nn(C)c(-c3cc(F)c(F)c(F)c3)c1C2. The lowest BCUT2D eigenvalue weighted by molar-refractivity contribution is 0.0634. The predicted molar refractivity (Wildman–Crippen MR) is 119 cm³/mol. The van der Waals surface area contributed by atoms with Crippen molar-refractivity contribution in [1.29, 1.82) is 0 Å². The smallest absolute Gasteiger partial charge is 0.273 e. The van der Waals surface area contributed by atoms with Crippen molar-refractivity contribution in [2.45, 2.75) is 38.3 Å². The first-order chi connectivity index (χ1) is 16.3. The van der Waals surface area contributed by atoms with Gasteiger partial charge in [0.2, 0.25) is 0 Å². The van der Waals surface area contributed by atoms with E-state index in [2.05, 4.69) is 10.1 Å². The van der Waals surface area contributed by atoms with Crippen molar-refractivity contribution in [2.75, 3.05) is 0 Å². The van der Waals surface area contributed by atoms with Gasteiger partial charge in [0.25, 0.3) is 5.91 Å². The molecule has 174 valence electrons. The molecule has 6 rings (SSSR count). The van der Waals surface area contributed by atoms with Crippen molar-refractivity contribution < 1.29 is 18.0 Å². The van der Waals surface area contributed by atoms with Crippen LogP contribution in [0, 0.1) is 24.4 Å². The monoisotopic (exact) mass is 485 g/mol. The van der Waals surface area contributed by atoms with Gasteiger partial charge >= 0.3 is 0 Å². The first-order valence-corrected chi connectivity index (χ1v) is 11.3. The zero-order valence-corrected chi connectivity index (χ0v) is 19.1. The van der Waals surface area contributed by atoms with E-state index in [4.69, 9.17) is 11.6 Å². The van der Waals surface area contributed by atoms with Crippen LogP contribution in [0.25, 0.3) is 16.9 Å². The van der Waals surface area contributed by atoms with Gasteiger partial charge in [-0.3, -0.25) is 13.9 Å². The van der Waals surface area contributed by atoms with Crippen LogP contribution in [0.1, 0.15) is 46.3 Å². The van der Waals surface area contributed by atoms with Crippen LogP contribution >= 0.6 is 11.6 Å². The summed E-state index contributed by atoms with van der Waals surface area (Å²) in [7, 11) is 1.68. The molecule has 0 spiro atoms. The van der Waals surface area contributed by atoms with Gasteiger partial charge < -0.3 is 4.90 Å². The molecule has 1 saturated heterocycles. The van der Waals surface area contributed by atoms with E-state index in [0.29, 0.717) is 40.0 Å². The average molecular weight is 486 g/mol. The standard InChI is InChI=1S/C24H19ClF3N5O/c1-11-22(33-18(25)4-3-5-19(33)29-11)24(34)32-13-6-7-17(32)21-14(10-13)23(31(2)30-21)12-8-15(26)20(28)16(27)9-12/h3-5,8-9,13,17H,6-7,10H2,1-2H3/t13-,17+/m0/s1. The van der Waals surface area contributed by atoms with Gasteiger partial charge in [-0.1, -0.05) is 17.7 Å². The number of halogens is 4. The summed E-state index contributed by atoms with van der Waals surface area (Å²) >= 11 is 6.41. The first-order valence-electron chi connectivity index (χ1n) is 10.9. The van der Waals surface area contributed by atoms with Crippen LogP contribution < -0.4 is 0 Å². The van der Waals surface area contributed by atoms with Gasteiger partial charge in [-0.05, 0) is 50.5 Å². The fourth-order valence-corrected chi connectivity index (χ4v) is 5.79. The third-order valence-corrected chi connectivity index (χ3v) is 7.19. The fourth-order valence-electron chi connectivity index (χ4n) is 5.55. The van der Waals surface area contributed by atoms with Gasteiger partial charge in [-0.25, -0.2) is 18.2 Å². The Hall–Kier alpha value is -3.33. The molecule has 0 unspecified atom stereocenters. The molecular weight excluding hydrogens is 467 g/mol. The van der Waals surface area contributed by atoms with E-state index in [9.17, 15) is 18.0 Å². The molecule has 3 aromatic heterocycles. The van der Waals surface area contributed by atoms with Crippen molar-refractivity contribution in [3.8, 4) is 11.3 Å². The summed E-state index contributed by atoms with van der Waals surface area (Å²) in [5.41, 5.74) is 3.88. The van der Waals surface area contributed by atoms with Gasteiger partial charge in [0.05, 0.1) is 23.1 Å². The van der Waals surface area contributed by atoms with E-state index in [-0.39, 0.29) is 23.6 Å². The third kappa shape index (κ3) is 2.86. The lowest BCUT2D eigenvalue weighted by Gasteiger charge is -2.34. The minimum atomic E-state index is -1.50. The predicted octanol–water partition coefficient (Wildman–Crippen LogP) is 5.02. The lowest BCUT2D eigenvalue weighted by atomic mass is 9.94. The summed E-state index contributed by atoms with van der Waals surface area (Å²) in [5, 5.41) is 5.04. The number of imidazole rings is 1. The Morgan fingerprint density at radius 3 is 2.62 bits per heavy atom. The highest BCUT2D eigenvalue weighted by molar-refractivity contribution is 6.30. The summed E-state index contributed by atoms with van der Waals surface area (Å²) in [4.78, 5) is 20.2. The molecule has 2 atom stereocenters. The molecule has 0 saturated carbocycles. The van der Waals surface area contributed by atoms with Crippen LogP contribution in [0.4, 0.5) is 13.2 Å². The molecule has 0 radical (unpaired) electrons. The number of amides is 1. The van der Waals surface area contributed by atoms with Crippen LogP contribution in [0.3, 0.4) is 0 Å². The molecule has 1 amide bonds. The van der Waals surface area contributed by atoms with Crippen LogP contribution in [0.5, 0.6) is 0 Å². The van der Waals surface area contributed by atoms with Crippen molar-refractivity contribution in [2.24, 2.45) is 7.05 Å². The Bertz CT molecular complexity index is 1490. The molecule has 4 aromatic rings. The summed E-state index contributed by atoms with van der Waals surface area (Å²) in [6, 6.07) is 6.86. The number of aryl methyl sites for hydroxylation is 2. The number of rotatable bonds is 2. The molecule has 2 aliphatic rings. The van der Waals surface area contributed by atoms with Crippen molar-refractivity contribution in [1.82, 2.24) is 24.1 Å². The molecule has 5 heterocycles. The van der Waals surface area contributed by atoms with Crippen LogP contribution in [-0.2, 0) is 13.5 Å². The van der Waals surface area contributed by atoms with E-state index >= 15 is 0 Å².